The minimum absolute atomic E-state index is 0.345. The zero-order valence-corrected chi connectivity index (χ0v) is 14.6. The number of benzene rings is 1. The number of methoxy groups -OCH3 is 2. The average molecular weight is 336 g/mol. The number of rotatable bonds is 7. The molecule has 0 radical (unpaired) electrons. The molecule has 0 amide bonds. The first-order chi connectivity index (χ1) is 9.62. The number of sulfone groups is 1. The van der Waals surface area contributed by atoms with Gasteiger partial charge in [0, 0.05) is 19.3 Å². The SMILES string of the molecule is COc1cc(CNCC(C)(C)S(C)(=O)=O)cc(Cl)c1OC. The lowest BCUT2D eigenvalue weighted by molar-refractivity contribution is 0.354. The van der Waals surface area contributed by atoms with Crippen LogP contribution in [0.15, 0.2) is 12.1 Å². The maximum atomic E-state index is 11.6. The van der Waals surface area contributed by atoms with Crippen molar-refractivity contribution in [1.82, 2.24) is 5.32 Å². The van der Waals surface area contributed by atoms with Crippen molar-refractivity contribution >= 4 is 21.4 Å². The lowest BCUT2D eigenvalue weighted by Crippen LogP contribution is -2.41. The summed E-state index contributed by atoms with van der Waals surface area (Å²) in [7, 11) is -0.0578. The van der Waals surface area contributed by atoms with Gasteiger partial charge < -0.3 is 14.8 Å². The molecule has 0 saturated heterocycles. The van der Waals surface area contributed by atoms with Gasteiger partial charge in [-0.1, -0.05) is 11.6 Å². The molecule has 1 aromatic rings. The second-order valence-electron chi connectivity index (χ2n) is 5.45. The van der Waals surface area contributed by atoms with Crippen molar-refractivity contribution in [1.29, 1.82) is 0 Å². The van der Waals surface area contributed by atoms with E-state index in [1.807, 2.05) is 6.07 Å². The molecule has 7 heteroatoms. The Morgan fingerprint density at radius 3 is 2.33 bits per heavy atom. The average Bonchev–Trinajstić information content (AvgIpc) is 2.36. The van der Waals surface area contributed by atoms with Crippen molar-refractivity contribution < 1.29 is 17.9 Å². The summed E-state index contributed by atoms with van der Waals surface area (Å²) in [6, 6.07) is 3.58. The summed E-state index contributed by atoms with van der Waals surface area (Å²) in [5.74, 6) is 1.03. The first-order valence-corrected chi connectivity index (χ1v) is 8.70. The van der Waals surface area contributed by atoms with Crippen molar-refractivity contribution in [2.45, 2.75) is 25.1 Å². The number of hydrogen-bond donors (Lipinski definition) is 1. The minimum Gasteiger partial charge on any atom is -0.493 e. The van der Waals surface area contributed by atoms with Gasteiger partial charge in [-0.15, -0.1) is 0 Å². The summed E-state index contributed by atoms with van der Waals surface area (Å²) in [5, 5.41) is 3.58. The third-order valence-electron chi connectivity index (χ3n) is 3.38. The van der Waals surface area contributed by atoms with Crippen molar-refractivity contribution in [3.05, 3.63) is 22.7 Å². The van der Waals surface area contributed by atoms with Crippen LogP contribution in [0.3, 0.4) is 0 Å². The molecule has 1 aromatic carbocycles. The molecular weight excluding hydrogens is 314 g/mol. The fraction of sp³-hybridized carbons (Fsp3) is 0.571. The van der Waals surface area contributed by atoms with Crippen molar-refractivity contribution in [2.75, 3.05) is 27.0 Å². The zero-order valence-electron chi connectivity index (χ0n) is 13.0. The van der Waals surface area contributed by atoms with Crippen molar-refractivity contribution in [3.8, 4) is 11.5 Å². The molecule has 0 heterocycles. The van der Waals surface area contributed by atoms with Crippen LogP contribution in [0.25, 0.3) is 0 Å². The molecule has 0 aliphatic carbocycles. The zero-order chi connectivity index (χ0) is 16.3. The van der Waals surface area contributed by atoms with E-state index in [9.17, 15) is 8.42 Å². The molecule has 120 valence electrons. The molecule has 0 aromatic heterocycles. The molecule has 0 aliphatic heterocycles. The Morgan fingerprint density at radius 2 is 1.86 bits per heavy atom. The van der Waals surface area contributed by atoms with Crippen LogP contribution in [-0.2, 0) is 16.4 Å². The van der Waals surface area contributed by atoms with Gasteiger partial charge in [0.25, 0.3) is 0 Å². The van der Waals surface area contributed by atoms with Crippen LogP contribution in [0.4, 0.5) is 0 Å². The first-order valence-electron chi connectivity index (χ1n) is 6.43. The molecule has 0 spiro atoms. The normalized spacial score (nSPS) is 12.3. The standard InChI is InChI=1S/C14H22ClNO4S/c1-14(2,21(5,17)18)9-16-8-10-6-11(15)13(20-4)12(7-10)19-3/h6-7,16H,8-9H2,1-5H3. The molecule has 1 rings (SSSR count). The van der Waals surface area contributed by atoms with E-state index in [2.05, 4.69) is 5.32 Å². The predicted molar refractivity (Wildman–Crippen MR) is 85.2 cm³/mol. The fourth-order valence-electron chi connectivity index (χ4n) is 1.71. The number of ether oxygens (including phenoxy) is 2. The fourth-order valence-corrected chi connectivity index (χ4v) is 2.39. The molecule has 0 unspecified atom stereocenters. The van der Waals surface area contributed by atoms with E-state index in [0.717, 1.165) is 5.56 Å². The van der Waals surface area contributed by atoms with Crippen molar-refractivity contribution in [2.24, 2.45) is 0 Å². The molecule has 0 fully saturated rings. The third kappa shape index (κ3) is 4.49. The van der Waals surface area contributed by atoms with Crippen LogP contribution in [0.1, 0.15) is 19.4 Å². The van der Waals surface area contributed by atoms with E-state index < -0.39 is 14.6 Å². The Labute approximate surface area is 131 Å². The van der Waals surface area contributed by atoms with Gasteiger partial charge in [0.2, 0.25) is 0 Å². The summed E-state index contributed by atoms with van der Waals surface area (Å²) in [6.07, 6.45) is 1.24. The highest BCUT2D eigenvalue weighted by atomic mass is 35.5. The summed E-state index contributed by atoms with van der Waals surface area (Å²) in [6.45, 7) is 4.21. The predicted octanol–water partition coefficient (Wildman–Crippen LogP) is 2.27. The first kappa shape index (κ1) is 18.1. The Bertz CT molecular complexity index is 599. The topological polar surface area (TPSA) is 64.6 Å². The van der Waals surface area contributed by atoms with Crippen LogP contribution in [-0.4, -0.2) is 40.2 Å². The summed E-state index contributed by atoms with van der Waals surface area (Å²) in [5.41, 5.74) is 0.891. The molecule has 21 heavy (non-hydrogen) atoms. The minimum atomic E-state index is -3.12. The summed E-state index contributed by atoms with van der Waals surface area (Å²) >= 11 is 6.13. The second-order valence-corrected chi connectivity index (χ2v) is 8.51. The van der Waals surface area contributed by atoms with Gasteiger partial charge in [-0.2, -0.15) is 0 Å². The number of hydrogen-bond acceptors (Lipinski definition) is 5. The van der Waals surface area contributed by atoms with Crippen molar-refractivity contribution in [3.63, 3.8) is 0 Å². The molecule has 0 saturated carbocycles. The van der Waals surface area contributed by atoms with Crippen LogP contribution < -0.4 is 14.8 Å². The molecule has 0 bridgehead atoms. The number of halogens is 1. The van der Waals surface area contributed by atoms with Gasteiger partial charge in [-0.25, -0.2) is 8.42 Å². The van der Waals surface area contributed by atoms with E-state index >= 15 is 0 Å². The van der Waals surface area contributed by atoms with Gasteiger partial charge in [0.1, 0.15) is 0 Å². The Balaban J connectivity index is 2.80. The smallest absolute Gasteiger partial charge is 0.179 e. The van der Waals surface area contributed by atoms with Crippen LogP contribution >= 0.6 is 11.6 Å². The quantitative estimate of drug-likeness (QED) is 0.828. The molecule has 0 atom stereocenters. The Morgan fingerprint density at radius 1 is 1.24 bits per heavy atom. The molecule has 0 aliphatic rings. The monoisotopic (exact) mass is 335 g/mol. The van der Waals surface area contributed by atoms with Crippen LogP contribution in [0, 0.1) is 0 Å². The van der Waals surface area contributed by atoms with Crippen LogP contribution in [0.2, 0.25) is 5.02 Å². The van der Waals surface area contributed by atoms with Gasteiger partial charge in [0.05, 0.1) is 24.0 Å². The van der Waals surface area contributed by atoms with Gasteiger partial charge >= 0.3 is 0 Å². The molecular formula is C14H22ClNO4S. The lowest BCUT2D eigenvalue weighted by atomic mass is 10.1. The van der Waals surface area contributed by atoms with Gasteiger partial charge in [-0.05, 0) is 31.5 Å². The second kappa shape index (κ2) is 6.85. The summed E-state index contributed by atoms with van der Waals surface area (Å²) in [4.78, 5) is 0. The summed E-state index contributed by atoms with van der Waals surface area (Å²) < 4.78 is 32.8. The van der Waals surface area contributed by atoms with E-state index in [-0.39, 0.29) is 0 Å². The van der Waals surface area contributed by atoms with Crippen LogP contribution in [0.5, 0.6) is 11.5 Å². The molecule has 1 N–H and O–H groups in total. The number of nitrogens with one attached hydrogen (secondary N) is 1. The lowest BCUT2D eigenvalue weighted by Gasteiger charge is -2.23. The molecule has 5 nitrogen and oxygen atoms in total. The highest BCUT2D eigenvalue weighted by Crippen LogP contribution is 2.35. The maximum absolute atomic E-state index is 11.6. The van der Waals surface area contributed by atoms with E-state index in [0.29, 0.717) is 29.6 Å². The van der Waals surface area contributed by atoms with Gasteiger partial charge in [0.15, 0.2) is 21.3 Å². The highest BCUT2D eigenvalue weighted by Gasteiger charge is 2.29. The maximum Gasteiger partial charge on any atom is 0.179 e. The third-order valence-corrected chi connectivity index (χ3v) is 5.81. The Kier molecular flexibility index (Phi) is 5.90. The van der Waals surface area contributed by atoms with E-state index in [1.165, 1.54) is 20.5 Å². The Hall–Kier alpha value is -0.980. The highest BCUT2D eigenvalue weighted by molar-refractivity contribution is 7.92. The van der Waals surface area contributed by atoms with E-state index in [4.69, 9.17) is 21.1 Å². The van der Waals surface area contributed by atoms with E-state index in [1.54, 1.807) is 19.9 Å². The largest absolute Gasteiger partial charge is 0.493 e. The van der Waals surface area contributed by atoms with Gasteiger partial charge in [-0.3, -0.25) is 0 Å².